The van der Waals surface area contributed by atoms with Crippen LogP contribution < -0.4 is 5.32 Å². The van der Waals surface area contributed by atoms with Crippen molar-refractivity contribution in [2.24, 2.45) is 5.92 Å². The lowest BCUT2D eigenvalue weighted by atomic mass is 10.1. The highest BCUT2D eigenvalue weighted by atomic mass is 32.2. The van der Waals surface area contributed by atoms with E-state index in [9.17, 15) is 0 Å². The summed E-state index contributed by atoms with van der Waals surface area (Å²) < 4.78 is 0. The summed E-state index contributed by atoms with van der Waals surface area (Å²) in [5, 5.41) is 12.2. The molecule has 0 aromatic rings. The lowest BCUT2D eigenvalue weighted by Gasteiger charge is -2.15. The van der Waals surface area contributed by atoms with Gasteiger partial charge in [-0.05, 0) is 37.4 Å². The molecule has 0 aromatic carbocycles. The van der Waals surface area contributed by atoms with Crippen LogP contribution in [0.15, 0.2) is 0 Å². The van der Waals surface area contributed by atoms with Crippen LogP contribution in [0.3, 0.4) is 0 Å². The van der Waals surface area contributed by atoms with Crippen LogP contribution in [-0.4, -0.2) is 35.8 Å². The first-order valence-electron chi connectivity index (χ1n) is 5.80. The first-order chi connectivity index (χ1) is 6.88. The van der Waals surface area contributed by atoms with Crippen LogP contribution >= 0.6 is 11.8 Å². The second-order valence-electron chi connectivity index (χ2n) is 4.00. The van der Waals surface area contributed by atoms with Gasteiger partial charge in [-0.15, -0.1) is 0 Å². The van der Waals surface area contributed by atoms with Crippen LogP contribution in [0.5, 0.6) is 0 Å². The Kier molecular flexibility index (Phi) is 6.65. The quantitative estimate of drug-likeness (QED) is 0.578. The van der Waals surface area contributed by atoms with E-state index >= 15 is 0 Å². The van der Waals surface area contributed by atoms with Crippen LogP contribution in [0.25, 0.3) is 0 Å². The van der Waals surface area contributed by atoms with Gasteiger partial charge < -0.3 is 10.4 Å². The third-order valence-electron chi connectivity index (χ3n) is 2.73. The summed E-state index contributed by atoms with van der Waals surface area (Å²) >= 11 is 1.94. The lowest BCUT2D eigenvalue weighted by molar-refractivity contribution is 0.296. The molecule has 0 bridgehead atoms. The normalized spacial score (nSPS) is 18.4. The first-order valence-corrected chi connectivity index (χ1v) is 6.96. The minimum Gasteiger partial charge on any atom is -0.396 e. The van der Waals surface area contributed by atoms with Crippen LogP contribution in [-0.2, 0) is 0 Å². The molecule has 1 atom stereocenters. The molecule has 0 aliphatic heterocycles. The van der Waals surface area contributed by atoms with Crippen molar-refractivity contribution in [2.45, 2.75) is 38.6 Å². The zero-order valence-electron chi connectivity index (χ0n) is 9.17. The summed E-state index contributed by atoms with van der Waals surface area (Å²) in [6.45, 7) is 3.74. The van der Waals surface area contributed by atoms with Gasteiger partial charge in [0.2, 0.25) is 0 Å². The lowest BCUT2D eigenvalue weighted by Crippen LogP contribution is -2.32. The molecule has 2 N–H and O–H groups in total. The second kappa shape index (κ2) is 7.55. The summed E-state index contributed by atoms with van der Waals surface area (Å²) in [5.74, 6) is 3.25. The SMILES string of the molecule is CCC(NCCSCCCO)C1CC1. The van der Waals surface area contributed by atoms with Crippen molar-refractivity contribution in [3.05, 3.63) is 0 Å². The van der Waals surface area contributed by atoms with Crippen LogP contribution in [0.4, 0.5) is 0 Å². The third-order valence-corrected chi connectivity index (χ3v) is 3.80. The molecule has 0 spiro atoms. The maximum Gasteiger partial charge on any atom is 0.0438 e. The van der Waals surface area contributed by atoms with E-state index in [-0.39, 0.29) is 0 Å². The minimum absolute atomic E-state index is 0.333. The molecule has 14 heavy (non-hydrogen) atoms. The summed E-state index contributed by atoms with van der Waals surface area (Å²) in [6, 6.07) is 0.772. The number of hydrogen-bond donors (Lipinski definition) is 2. The van der Waals surface area contributed by atoms with Gasteiger partial charge in [-0.2, -0.15) is 11.8 Å². The molecule has 1 aliphatic rings. The van der Waals surface area contributed by atoms with Crippen molar-refractivity contribution in [1.29, 1.82) is 0 Å². The molecular weight excluding hydrogens is 194 g/mol. The van der Waals surface area contributed by atoms with Gasteiger partial charge in [-0.25, -0.2) is 0 Å². The zero-order valence-corrected chi connectivity index (χ0v) is 9.98. The summed E-state index contributed by atoms with van der Waals surface area (Å²) in [5.41, 5.74) is 0. The topological polar surface area (TPSA) is 32.3 Å². The molecule has 0 radical (unpaired) electrons. The van der Waals surface area contributed by atoms with Crippen molar-refractivity contribution in [3.63, 3.8) is 0 Å². The minimum atomic E-state index is 0.333. The number of thioether (sulfide) groups is 1. The molecule has 3 heteroatoms. The number of nitrogens with one attached hydrogen (secondary N) is 1. The fraction of sp³-hybridized carbons (Fsp3) is 1.00. The Morgan fingerprint density at radius 1 is 1.43 bits per heavy atom. The Bertz CT molecular complexity index is 139. The van der Waals surface area contributed by atoms with E-state index < -0.39 is 0 Å². The predicted molar refractivity (Wildman–Crippen MR) is 63.8 cm³/mol. The Labute approximate surface area is 91.9 Å². The third kappa shape index (κ3) is 5.23. The smallest absolute Gasteiger partial charge is 0.0438 e. The van der Waals surface area contributed by atoms with E-state index in [2.05, 4.69) is 12.2 Å². The Morgan fingerprint density at radius 3 is 2.79 bits per heavy atom. The summed E-state index contributed by atoms with van der Waals surface area (Å²) in [6.07, 6.45) is 5.07. The van der Waals surface area contributed by atoms with Crippen molar-refractivity contribution < 1.29 is 5.11 Å². The van der Waals surface area contributed by atoms with Crippen molar-refractivity contribution in [1.82, 2.24) is 5.32 Å². The fourth-order valence-corrected chi connectivity index (χ4v) is 2.53. The Morgan fingerprint density at radius 2 is 2.21 bits per heavy atom. The van der Waals surface area contributed by atoms with Crippen molar-refractivity contribution in [2.75, 3.05) is 24.7 Å². The van der Waals surface area contributed by atoms with Crippen molar-refractivity contribution in [3.8, 4) is 0 Å². The fourth-order valence-electron chi connectivity index (χ4n) is 1.73. The van der Waals surface area contributed by atoms with Gasteiger partial charge in [0.15, 0.2) is 0 Å². The molecule has 1 saturated carbocycles. The maximum absolute atomic E-state index is 8.60. The number of aliphatic hydroxyl groups is 1. The highest BCUT2D eigenvalue weighted by Crippen LogP contribution is 2.33. The van der Waals surface area contributed by atoms with E-state index in [1.54, 1.807) is 0 Å². The molecule has 0 saturated heterocycles. The van der Waals surface area contributed by atoms with E-state index in [0.717, 1.165) is 30.7 Å². The Hall–Kier alpha value is 0.270. The monoisotopic (exact) mass is 217 g/mol. The van der Waals surface area contributed by atoms with Crippen LogP contribution in [0.2, 0.25) is 0 Å². The van der Waals surface area contributed by atoms with E-state index in [1.807, 2.05) is 11.8 Å². The van der Waals surface area contributed by atoms with E-state index in [1.165, 1.54) is 25.0 Å². The van der Waals surface area contributed by atoms with Crippen molar-refractivity contribution >= 4 is 11.8 Å². The molecular formula is C11H23NOS. The summed E-state index contributed by atoms with van der Waals surface area (Å²) in [7, 11) is 0. The molecule has 1 fully saturated rings. The molecule has 0 aromatic heterocycles. The largest absolute Gasteiger partial charge is 0.396 e. The van der Waals surface area contributed by atoms with Gasteiger partial charge in [-0.1, -0.05) is 6.92 Å². The average Bonchev–Trinajstić information content (AvgIpc) is 3.01. The van der Waals surface area contributed by atoms with Gasteiger partial charge in [0.25, 0.3) is 0 Å². The Balaban J connectivity index is 1.86. The van der Waals surface area contributed by atoms with Gasteiger partial charge in [0, 0.05) is 24.9 Å². The molecule has 0 amide bonds. The van der Waals surface area contributed by atoms with Gasteiger partial charge in [-0.3, -0.25) is 0 Å². The molecule has 1 aliphatic carbocycles. The van der Waals surface area contributed by atoms with E-state index in [0.29, 0.717) is 6.61 Å². The van der Waals surface area contributed by atoms with E-state index in [4.69, 9.17) is 5.11 Å². The number of rotatable bonds is 9. The molecule has 0 heterocycles. The van der Waals surface area contributed by atoms with Gasteiger partial charge >= 0.3 is 0 Å². The van der Waals surface area contributed by atoms with Crippen LogP contribution in [0.1, 0.15) is 32.6 Å². The highest BCUT2D eigenvalue weighted by Gasteiger charge is 2.29. The molecule has 1 rings (SSSR count). The maximum atomic E-state index is 8.60. The zero-order chi connectivity index (χ0) is 10.2. The first kappa shape index (κ1) is 12.3. The predicted octanol–water partition coefficient (Wildman–Crippen LogP) is 1.88. The molecule has 84 valence electrons. The van der Waals surface area contributed by atoms with Gasteiger partial charge in [0.05, 0.1) is 0 Å². The average molecular weight is 217 g/mol. The van der Waals surface area contributed by atoms with Crippen LogP contribution in [0, 0.1) is 5.92 Å². The molecule has 1 unspecified atom stereocenters. The number of aliphatic hydroxyl groups excluding tert-OH is 1. The highest BCUT2D eigenvalue weighted by molar-refractivity contribution is 7.99. The number of hydrogen-bond acceptors (Lipinski definition) is 3. The summed E-state index contributed by atoms with van der Waals surface area (Å²) in [4.78, 5) is 0. The standard InChI is InChI=1S/C11H23NOS/c1-2-11(10-4-5-10)12-6-9-14-8-3-7-13/h10-13H,2-9H2,1H3. The second-order valence-corrected chi connectivity index (χ2v) is 5.22. The van der Waals surface area contributed by atoms with Gasteiger partial charge in [0.1, 0.15) is 0 Å². The molecule has 2 nitrogen and oxygen atoms in total.